The second kappa shape index (κ2) is 6.13. The first-order valence-corrected chi connectivity index (χ1v) is 7.29. The largest absolute Gasteiger partial charge is 0.374 e. The minimum Gasteiger partial charge on any atom is -0.374 e. The topological polar surface area (TPSA) is 34.1 Å². The van der Waals surface area contributed by atoms with Gasteiger partial charge in [-0.1, -0.05) is 34.6 Å². The maximum absolute atomic E-state index is 5.62. The number of ether oxygens (including phenoxy) is 1. The molecule has 1 aromatic heterocycles. The molecule has 0 fully saturated rings. The maximum Gasteiger partial charge on any atom is 0.123 e. The van der Waals surface area contributed by atoms with Gasteiger partial charge < -0.3 is 10.1 Å². The van der Waals surface area contributed by atoms with E-state index in [2.05, 4.69) is 51.8 Å². The molecule has 0 aliphatic heterocycles. The Labute approximate surface area is 115 Å². The predicted molar refractivity (Wildman–Crippen MR) is 78.0 cm³/mol. The van der Waals surface area contributed by atoms with E-state index in [1.54, 1.807) is 18.4 Å². The molecule has 0 bridgehead atoms. The van der Waals surface area contributed by atoms with Gasteiger partial charge >= 0.3 is 0 Å². The van der Waals surface area contributed by atoms with E-state index >= 15 is 0 Å². The van der Waals surface area contributed by atoms with Crippen molar-refractivity contribution in [1.82, 2.24) is 10.3 Å². The van der Waals surface area contributed by atoms with Crippen molar-refractivity contribution in [2.75, 3.05) is 7.11 Å². The van der Waals surface area contributed by atoms with Gasteiger partial charge in [0.15, 0.2) is 0 Å². The molecule has 0 saturated heterocycles. The van der Waals surface area contributed by atoms with Gasteiger partial charge in [0.25, 0.3) is 0 Å². The molecule has 0 saturated carbocycles. The average molecular weight is 270 g/mol. The highest BCUT2D eigenvalue weighted by Crippen LogP contribution is 2.38. The zero-order chi connectivity index (χ0) is 13.9. The van der Waals surface area contributed by atoms with Crippen molar-refractivity contribution in [3.05, 3.63) is 15.6 Å². The maximum atomic E-state index is 5.62. The summed E-state index contributed by atoms with van der Waals surface area (Å²) >= 11 is 1.76. The summed E-state index contributed by atoms with van der Waals surface area (Å²) in [6.45, 7) is 13.8. The Bertz CT molecular complexity index is 380. The molecular weight excluding hydrogens is 244 g/mol. The van der Waals surface area contributed by atoms with Gasteiger partial charge in [-0.3, -0.25) is 0 Å². The second-order valence-electron chi connectivity index (χ2n) is 6.08. The average Bonchev–Trinajstić information content (AvgIpc) is 2.55. The van der Waals surface area contributed by atoms with Crippen LogP contribution in [0.3, 0.4) is 0 Å². The lowest BCUT2D eigenvalue weighted by atomic mass is 9.89. The van der Waals surface area contributed by atoms with Crippen LogP contribution in [0, 0.1) is 12.3 Å². The van der Waals surface area contributed by atoms with Crippen LogP contribution in [0.2, 0.25) is 0 Å². The second-order valence-corrected chi connectivity index (χ2v) is 7.19. The Morgan fingerprint density at radius 2 is 1.94 bits per heavy atom. The van der Waals surface area contributed by atoms with Crippen LogP contribution in [0.1, 0.15) is 56.3 Å². The molecule has 1 unspecified atom stereocenters. The zero-order valence-electron chi connectivity index (χ0n) is 12.6. The zero-order valence-corrected chi connectivity index (χ0v) is 13.4. The third-order valence-electron chi connectivity index (χ3n) is 2.83. The Hall–Kier alpha value is -0.450. The Balaban J connectivity index is 2.88. The van der Waals surface area contributed by atoms with E-state index in [9.17, 15) is 0 Å². The predicted octanol–water partition coefficient (Wildman–Crippen LogP) is 3.68. The fourth-order valence-corrected chi connectivity index (χ4v) is 3.19. The molecule has 1 N–H and O–H groups in total. The van der Waals surface area contributed by atoms with Gasteiger partial charge in [-0.2, -0.15) is 0 Å². The minimum atomic E-state index is 0.0639. The molecule has 0 aliphatic rings. The third kappa shape index (κ3) is 4.04. The van der Waals surface area contributed by atoms with Gasteiger partial charge in [-0.25, -0.2) is 4.98 Å². The van der Waals surface area contributed by atoms with Gasteiger partial charge in [0, 0.05) is 24.6 Å². The highest BCUT2D eigenvalue weighted by Gasteiger charge is 2.29. The van der Waals surface area contributed by atoms with Crippen LogP contribution in [-0.2, 0) is 11.3 Å². The van der Waals surface area contributed by atoms with E-state index in [1.807, 2.05) is 0 Å². The van der Waals surface area contributed by atoms with Gasteiger partial charge in [0.1, 0.15) is 11.1 Å². The van der Waals surface area contributed by atoms with Crippen LogP contribution < -0.4 is 5.32 Å². The van der Waals surface area contributed by atoms with Crippen molar-refractivity contribution in [3.8, 4) is 0 Å². The smallest absolute Gasteiger partial charge is 0.123 e. The van der Waals surface area contributed by atoms with E-state index in [1.165, 1.54) is 4.88 Å². The monoisotopic (exact) mass is 270 g/mol. The molecule has 1 aromatic rings. The summed E-state index contributed by atoms with van der Waals surface area (Å²) in [5.41, 5.74) is 1.19. The summed E-state index contributed by atoms with van der Waals surface area (Å²) in [6.07, 6.45) is 0.0639. The van der Waals surface area contributed by atoms with Crippen LogP contribution in [0.25, 0.3) is 0 Å². The van der Waals surface area contributed by atoms with Gasteiger partial charge in [0.2, 0.25) is 0 Å². The lowest BCUT2D eigenvalue weighted by molar-refractivity contribution is 0.0150. The summed E-state index contributed by atoms with van der Waals surface area (Å²) in [7, 11) is 1.76. The lowest BCUT2D eigenvalue weighted by Crippen LogP contribution is -2.21. The van der Waals surface area contributed by atoms with E-state index in [0.717, 1.165) is 17.2 Å². The van der Waals surface area contributed by atoms with Crippen LogP contribution in [0.4, 0.5) is 0 Å². The number of thiazole rings is 1. The fourth-order valence-electron chi connectivity index (χ4n) is 1.85. The van der Waals surface area contributed by atoms with Crippen molar-refractivity contribution in [3.63, 3.8) is 0 Å². The molecule has 4 heteroatoms. The molecule has 0 radical (unpaired) electrons. The summed E-state index contributed by atoms with van der Waals surface area (Å²) < 4.78 is 5.62. The van der Waals surface area contributed by atoms with Gasteiger partial charge in [-0.05, 0) is 12.3 Å². The molecule has 1 atom stereocenters. The fraction of sp³-hybridized carbons (Fsp3) is 0.786. The number of nitrogens with zero attached hydrogens (tertiary/aromatic N) is 1. The highest BCUT2D eigenvalue weighted by atomic mass is 32.1. The lowest BCUT2D eigenvalue weighted by Gasteiger charge is -2.27. The summed E-state index contributed by atoms with van der Waals surface area (Å²) in [6, 6.07) is 0.496. The van der Waals surface area contributed by atoms with Crippen LogP contribution in [-0.4, -0.2) is 18.1 Å². The molecule has 1 heterocycles. The number of aryl methyl sites for hydroxylation is 1. The summed E-state index contributed by atoms with van der Waals surface area (Å²) in [5, 5.41) is 4.53. The molecule has 0 aliphatic carbocycles. The number of hydrogen-bond donors (Lipinski definition) is 1. The summed E-state index contributed by atoms with van der Waals surface area (Å²) in [5.74, 6) is 0. The molecule has 0 amide bonds. The van der Waals surface area contributed by atoms with Crippen LogP contribution in [0.15, 0.2) is 0 Å². The molecular formula is C14H26N2OS. The molecule has 1 rings (SSSR count). The van der Waals surface area contributed by atoms with Gasteiger partial charge in [-0.15, -0.1) is 11.3 Å². The molecule has 18 heavy (non-hydrogen) atoms. The van der Waals surface area contributed by atoms with Crippen molar-refractivity contribution in [2.24, 2.45) is 5.41 Å². The summed E-state index contributed by atoms with van der Waals surface area (Å²) in [4.78, 5) is 5.99. The van der Waals surface area contributed by atoms with Crippen molar-refractivity contribution in [1.29, 1.82) is 0 Å². The number of methoxy groups -OCH3 is 1. The van der Waals surface area contributed by atoms with E-state index in [-0.39, 0.29) is 11.5 Å². The third-order valence-corrected chi connectivity index (χ3v) is 4.03. The van der Waals surface area contributed by atoms with E-state index in [0.29, 0.717) is 6.04 Å². The first kappa shape index (κ1) is 15.6. The SMILES string of the molecule is COC(c1nc(C)c(CNC(C)C)s1)C(C)(C)C. The molecule has 0 spiro atoms. The molecule has 0 aromatic carbocycles. The number of aromatic nitrogens is 1. The standard InChI is InChI=1S/C14H26N2OS/c1-9(2)15-8-11-10(3)16-13(18-11)12(17-7)14(4,5)6/h9,12,15H,8H2,1-7H3. The van der Waals surface area contributed by atoms with Crippen molar-refractivity contribution in [2.45, 2.75) is 60.2 Å². The molecule has 3 nitrogen and oxygen atoms in total. The van der Waals surface area contributed by atoms with Crippen LogP contribution >= 0.6 is 11.3 Å². The van der Waals surface area contributed by atoms with E-state index in [4.69, 9.17) is 4.74 Å². The van der Waals surface area contributed by atoms with Gasteiger partial charge in [0.05, 0.1) is 5.69 Å². The Morgan fingerprint density at radius 3 is 2.39 bits per heavy atom. The minimum absolute atomic E-state index is 0.0639. The van der Waals surface area contributed by atoms with Crippen molar-refractivity contribution >= 4 is 11.3 Å². The highest BCUT2D eigenvalue weighted by molar-refractivity contribution is 7.11. The normalized spacial score (nSPS) is 14.2. The Kier molecular flexibility index (Phi) is 5.32. The number of rotatable bonds is 5. The first-order valence-electron chi connectivity index (χ1n) is 6.48. The number of nitrogens with one attached hydrogen (secondary N) is 1. The van der Waals surface area contributed by atoms with Crippen LogP contribution in [0.5, 0.6) is 0 Å². The first-order chi connectivity index (χ1) is 8.25. The Morgan fingerprint density at radius 1 is 1.33 bits per heavy atom. The van der Waals surface area contributed by atoms with E-state index < -0.39 is 0 Å². The molecule has 104 valence electrons. The number of hydrogen-bond acceptors (Lipinski definition) is 4. The quantitative estimate of drug-likeness (QED) is 0.886. The van der Waals surface area contributed by atoms with Crippen molar-refractivity contribution < 1.29 is 4.74 Å².